The Bertz CT molecular complexity index is 1240. The molecule has 4 rings (SSSR count). The molecular formula is C25H24N2O5S. The largest absolute Gasteiger partial charge is 0.462 e. The summed E-state index contributed by atoms with van der Waals surface area (Å²) < 4.78 is 5.12. The third-order valence-corrected chi connectivity index (χ3v) is 6.88. The Kier molecular flexibility index (Phi) is 6.29. The first-order valence-electron chi connectivity index (χ1n) is 10.8. The average molecular weight is 465 g/mol. The Morgan fingerprint density at radius 3 is 2.27 bits per heavy atom. The lowest BCUT2D eigenvalue weighted by Gasteiger charge is -2.27. The van der Waals surface area contributed by atoms with Crippen LogP contribution >= 0.6 is 11.3 Å². The van der Waals surface area contributed by atoms with Crippen LogP contribution in [-0.2, 0) is 9.53 Å². The number of thiophene rings is 1. The van der Waals surface area contributed by atoms with E-state index >= 15 is 0 Å². The van der Waals surface area contributed by atoms with Crippen LogP contribution in [0.15, 0.2) is 36.4 Å². The van der Waals surface area contributed by atoms with Crippen LogP contribution in [0.25, 0.3) is 10.8 Å². The van der Waals surface area contributed by atoms with Gasteiger partial charge in [0.25, 0.3) is 11.8 Å². The number of rotatable bonds is 7. The number of hydrogen-bond donors (Lipinski definition) is 1. The van der Waals surface area contributed by atoms with Gasteiger partial charge in [0.1, 0.15) is 5.00 Å². The van der Waals surface area contributed by atoms with Crippen molar-refractivity contribution in [2.24, 2.45) is 0 Å². The highest BCUT2D eigenvalue weighted by Gasteiger charge is 2.32. The molecule has 7 nitrogen and oxygen atoms in total. The van der Waals surface area contributed by atoms with E-state index in [0.717, 1.165) is 15.8 Å². The maximum Gasteiger partial charge on any atom is 0.341 e. The number of esters is 1. The van der Waals surface area contributed by atoms with Gasteiger partial charge in [0.05, 0.1) is 12.2 Å². The minimum atomic E-state index is -0.466. The molecule has 3 aromatic rings. The molecule has 33 heavy (non-hydrogen) atoms. The molecule has 0 aliphatic carbocycles. The first-order chi connectivity index (χ1) is 15.8. The molecule has 0 unspecified atom stereocenters. The predicted octanol–water partition coefficient (Wildman–Crippen LogP) is 4.71. The zero-order chi connectivity index (χ0) is 23.7. The molecule has 8 heteroatoms. The lowest BCUT2D eigenvalue weighted by atomic mass is 9.94. The summed E-state index contributed by atoms with van der Waals surface area (Å²) in [5, 5.41) is 4.78. The normalized spacial score (nSPS) is 12.9. The van der Waals surface area contributed by atoms with Crippen molar-refractivity contribution < 1.29 is 23.9 Å². The maximum atomic E-state index is 13.0. The van der Waals surface area contributed by atoms with E-state index in [1.165, 1.54) is 16.2 Å². The topological polar surface area (TPSA) is 92.8 Å². The minimum absolute atomic E-state index is 0.0984. The lowest BCUT2D eigenvalue weighted by molar-refractivity contribution is -0.116. The molecule has 0 bridgehead atoms. The van der Waals surface area contributed by atoms with Crippen LogP contribution < -0.4 is 5.32 Å². The fourth-order valence-corrected chi connectivity index (χ4v) is 5.10. The molecule has 2 aromatic carbocycles. The Balaban J connectivity index is 1.43. The monoisotopic (exact) mass is 464 g/mol. The van der Waals surface area contributed by atoms with Crippen molar-refractivity contribution >= 4 is 50.8 Å². The van der Waals surface area contributed by atoms with Crippen molar-refractivity contribution in [1.29, 1.82) is 0 Å². The van der Waals surface area contributed by atoms with Gasteiger partial charge in [-0.2, -0.15) is 0 Å². The second-order valence-corrected chi connectivity index (χ2v) is 9.06. The number of imide groups is 1. The van der Waals surface area contributed by atoms with E-state index in [9.17, 15) is 19.2 Å². The van der Waals surface area contributed by atoms with E-state index in [1.807, 2.05) is 26.0 Å². The summed E-state index contributed by atoms with van der Waals surface area (Å²) >= 11 is 1.32. The smallest absolute Gasteiger partial charge is 0.341 e. The molecule has 3 amide bonds. The van der Waals surface area contributed by atoms with Crippen molar-refractivity contribution in [3.8, 4) is 0 Å². The van der Waals surface area contributed by atoms with Gasteiger partial charge in [0.15, 0.2) is 0 Å². The molecule has 1 N–H and O–H groups in total. The molecule has 2 heterocycles. The molecule has 0 saturated carbocycles. The maximum absolute atomic E-state index is 13.0. The minimum Gasteiger partial charge on any atom is -0.462 e. The highest BCUT2D eigenvalue weighted by Crippen LogP contribution is 2.33. The Morgan fingerprint density at radius 2 is 1.67 bits per heavy atom. The number of aryl methyl sites for hydroxylation is 1. The quantitative estimate of drug-likeness (QED) is 0.404. The summed E-state index contributed by atoms with van der Waals surface area (Å²) in [6.45, 7) is 5.80. The molecule has 0 saturated heterocycles. The third kappa shape index (κ3) is 4.14. The van der Waals surface area contributed by atoms with Crippen LogP contribution in [0.3, 0.4) is 0 Å². The van der Waals surface area contributed by atoms with Crippen LogP contribution in [0.4, 0.5) is 5.00 Å². The average Bonchev–Trinajstić information content (AvgIpc) is 3.07. The van der Waals surface area contributed by atoms with Crippen LogP contribution in [0.1, 0.15) is 61.3 Å². The van der Waals surface area contributed by atoms with Gasteiger partial charge in [0.2, 0.25) is 5.91 Å². The van der Waals surface area contributed by atoms with E-state index in [0.29, 0.717) is 33.5 Å². The molecular weight excluding hydrogens is 440 g/mol. The van der Waals surface area contributed by atoms with Gasteiger partial charge >= 0.3 is 5.97 Å². The zero-order valence-electron chi connectivity index (χ0n) is 18.7. The summed E-state index contributed by atoms with van der Waals surface area (Å²) in [5.41, 5.74) is 2.15. The lowest BCUT2D eigenvalue weighted by Crippen LogP contribution is -2.41. The molecule has 0 spiro atoms. The van der Waals surface area contributed by atoms with E-state index in [1.54, 1.807) is 31.2 Å². The van der Waals surface area contributed by atoms with Crippen molar-refractivity contribution in [3.63, 3.8) is 0 Å². The van der Waals surface area contributed by atoms with E-state index in [4.69, 9.17) is 4.74 Å². The fraction of sp³-hybridized carbons (Fsp3) is 0.280. The Hall–Kier alpha value is -3.52. The number of nitrogens with one attached hydrogen (secondary N) is 1. The third-order valence-electron chi connectivity index (χ3n) is 5.76. The Morgan fingerprint density at radius 1 is 1.03 bits per heavy atom. The molecule has 0 radical (unpaired) electrons. The van der Waals surface area contributed by atoms with Crippen molar-refractivity contribution in [2.45, 2.75) is 33.6 Å². The van der Waals surface area contributed by atoms with Crippen LogP contribution in [0.5, 0.6) is 0 Å². The molecule has 0 atom stereocenters. The van der Waals surface area contributed by atoms with Gasteiger partial charge in [-0.3, -0.25) is 19.3 Å². The van der Waals surface area contributed by atoms with Crippen LogP contribution in [-0.4, -0.2) is 41.7 Å². The van der Waals surface area contributed by atoms with Gasteiger partial charge in [0, 0.05) is 34.4 Å². The van der Waals surface area contributed by atoms with Gasteiger partial charge in [-0.05, 0) is 50.3 Å². The van der Waals surface area contributed by atoms with Gasteiger partial charge in [-0.15, -0.1) is 11.3 Å². The second-order valence-electron chi connectivity index (χ2n) is 7.83. The fourth-order valence-electron chi connectivity index (χ4n) is 4.03. The first-order valence-corrected chi connectivity index (χ1v) is 11.6. The number of nitrogens with zero attached hydrogens (tertiary/aromatic N) is 1. The number of benzene rings is 2. The van der Waals surface area contributed by atoms with Crippen molar-refractivity contribution in [2.75, 3.05) is 18.5 Å². The molecule has 170 valence electrons. The Labute approximate surface area is 195 Å². The summed E-state index contributed by atoms with van der Waals surface area (Å²) in [7, 11) is 0. The van der Waals surface area contributed by atoms with Crippen molar-refractivity contribution in [3.05, 3.63) is 63.5 Å². The molecule has 1 aromatic heterocycles. The van der Waals surface area contributed by atoms with Gasteiger partial charge < -0.3 is 10.1 Å². The van der Waals surface area contributed by atoms with E-state index in [2.05, 4.69) is 5.32 Å². The van der Waals surface area contributed by atoms with Crippen LogP contribution in [0, 0.1) is 13.8 Å². The predicted molar refractivity (Wildman–Crippen MR) is 127 cm³/mol. The number of carbonyl (C=O) groups excluding carboxylic acids is 4. The molecule has 1 aliphatic rings. The second kappa shape index (κ2) is 9.15. The van der Waals surface area contributed by atoms with Gasteiger partial charge in [-0.1, -0.05) is 24.3 Å². The number of amides is 3. The summed E-state index contributed by atoms with van der Waals surface area (Å²) in [6.07, 6.45) is 0.403. The highest BCUT2D eigenvalue weighted by atomic mass is 32.1. The number of ether oxygens (including phenoxy) is 1. The number of anilines is 1. The van der Waals surface area contributed by atoms with Gasteiger partial charge in [-0.25, -0.2) is 4.79 Å². The molecule has 1 aliphatic heterocycles. The van der Waals surface area contributed by atoms with E-state index in [-0.39, 0.29) is 37.3 Å². The van der Waals surface area contributed by atoms with E-state index < -0.39 is 5.97 Å². The SMILES string of the molecule is CCOC(=O)c1c(NC(=O)CCCN2C(=O)c3cccc4cccc(c34)C2=O)sc(C)c1C. The summed E-state index contributed by atoms with van der Waals surface area (Å²) in [6, 6.07) is 10.8. The molecule has 0 fully saturated rings. The number of hydrogen-bond acceptors (Lipinski definition) is 6. The standard InChI is InChI=1S/C25H24N2O5S/c1-4-32-25(31)20-14(2)15(3)33-22(20)26-19(28)12-7-13-27-23(29)17-10-5-8-16-9-6-11-18(21(16)17)24(27)30/h5-6,8-11H,4,7,12-13H2,1-3H3,(H,26,28). The first kappa shape index (κ1) is 22.7. The van der Waals surface area contributed by atoms with Crippen molar-refractivity contribution in [1.82, 2.24) is 4.90 Å². The summed E-state index contributed by atoms with van der Waals surface area (Å²) in [5.74, 6) is -1.45. The zero-order valence-corrected chi connectivity index (χ0v) is 19.5. The van der Waals surface area contributed by atoms with Crippen LogP contribution in [0.2, 0.25) is 0 Å². The summed E-state index contributed by atoms with van der Waals surface area (Å²) in [4.78, 5) is 52.9. The highest BCUT2D eigenvalue weighted by molar-refractivity contribution is 7.16. The number of carbonyl (C=O) groups is 4.